The summed E-state index contributed by atoms with van der Waals surface area (Å²) in [5.41, 5.74) is 2.45. The molecule has 0 fully saturated rings. The summed E-state index contributed by atoms with van der Waals surface area (Å²) in [6.07, 6.45) is 2.59. The number of rotatable bonds is 2. The summed E-state index contributed by atoms with van der Waals surface area (Å²) < 4.78 is 5.62. The van der Waals surface area contributed by atoms with E-state index in [1.54, 1.807) is 12.3 Å². The maximum Gasteiger partial charge on any atom is 0.225 e. The van der Waals surface area contributed by atoms with Crippen molar-refractivity contribution in [3.05, 3.63) is 41.3 Å². The zero-order valence-electron chi connectivity index (χ0n) is 8.98. The molecule has 0 bridgehead atoms. The summed E-state index contributed by atoms with van der Waals surface area (Å²) in [6.45, 7) is 0.984. The highest BCUT2D eigenvalue weighted by molar-refractivity contribution is 6.28. The number of aromatic nitrogens is 2. The van der Waals surface area contributed by atoms with Crippen LogP contribution in [0.1, 0.15) is 5.56 Å². The average molecular weight is 248 g/mol. The number of anilines is 1. The summed E-state index contributed by atoms with van der Waals surface area (Å²) in [6, 6.07) is 7.62. The molecular formula is C12H10ClN3O. The third kappa shape index (κ3) is 2.17. The molecule has 2 heterocycles. The average Bonchev–Trinajstić information content (AvgIpc) is 2.76. The molecule has 0 saturated heterocycles. The van der Waals surface area contributed by atoms with E-state index in [2.05, 4.69) is 15.3 Å². The normalized spacial score (nSPS) is 13.0. The SMILES string of the molecule is Clc1nccc(Oc2ccc3c(c2)CCN3)n1. The fourth-order valence-corrected chi connectivity index (χ4v) is 1.98. The fraction of sp³-hybridized carbons (Fsp3) is 0.167. The standard InChI is InChI=1S/C12H10ClN3O/c13-12-15-6-4-11(16-12)17-9-1-2-10-8(7-9)3-5-14-10/h1-2,4,6-7,14H,3,5H2. The molecule has 0 amide bonds. The van der Waals surface area contributed by atoms with Crippen molar-refractivity contribution in [3.63, 3.8) is 0 Å². The highest BCUT2D eigenvalue weighted by Gasteiger charge is 2.11. The Kier molecular flexibility index (Phi) is 2.57. The second kappa shape index (κ2) is 4.22. The molecule has 0 unspecified atom stereocenters. The molecule has 0 atom stereocenters. The molecule has 1 aliphatic heterocycles. The number of hydrogen-bond acceptors (Lipinski definition) is 4. The zero-order valence-corrected chi connectivity index (χ0v) is 9.74. The van der Waals surface area contributed by atoms with Crippen LogP contribution in [-0.4, -0.2) is 16.5 Å². The number of halogens is 1. The van der Waals surface area contributed by atoms with Crippen LogP contribution < -0.4 is 10.1 Å². The molecule has 1 aromatic carbocycles. The van der Waals surface area contributed by atoms with Crippen molar-refractivity contribution >= 4 is 17.3 Å². The molecule has 1 aliphatic rings. The lowest BCUT2D eigenvalue weighted by Crippen LogP contribution is -1.91. The van der Waals surface area contributed by atoms with Crippen molar-refractivity contribution in [1.29, 1.82) is 0 Å². The molecule has 4 nitrogen and oxygen atoms in total. The summed E-state index contributed by atoms with van der Waals surface area (Å²) in [4.78, 5) is 7.78. The zero-order chi connectivity index (χ0) is 11.7. The van der Waals surface area contributed by atoms with Gasteiger partial charge in [-0.3, -0.25) is 0 Å². The molecule has 0 saturated carbocycles. The minimum Gasteiger partial charge on any atom is -0.439 e. The predicted molar refractivity (Wildman–Crippen MR) is 65.8 cm³/mol. The second-order valence-corrected chi connectivity index (χ2v) is 4.10. The van der Waals surface area contributed by atoms with E-state index in [0.717, 1.165) is 18.7 Å². The Morgan fingerprint density at radius 3 is 3.12 bits per heavy atom. The largest absolute Gasteiger partial charge is 0.439 e. The number of ether oxygens (including phenoxy) is 1. The summed E-state index contributed by atoms with van der Waals surface area (Å²) >= 11 is 5.69. The molecule has 2 aromatic rings. The Balaban J connectivity index is 1.86. The fourth-order valence-electron chi connectivity index (χ4n) is 1.84. The third-order valence-electron chi connectivity index (χ3n) is 2.61. The second-order valence-electron chi connectivity index (χ2n) is 3.76. The summed E-state index contributed by atoms with van der Waals surface area (Å²) in [5, 5.41) is 3.48. The molecule has 5 heteroatoms. The maximum atomic E-state index is 5.69. The van der Waals surface area contributed by atoms with Gasteiger partial charge in [-0.1, -0.05) is 0 Å². The molecule has 1 aromatic heterocycles. The molecule has 0 aliphatic carbocycles. The van der Waals surface area contributed by atoms with Crippen molar-refractivity contribution in [2.45, 2.75) is 6.42 Å². The van der Waals surface area contributed by atoms with Crippen LogP contribution in [0.3, 0.4) is 0 Å². The van der Waals surface area contributed by atoms with Gasteiger partial charge in [0.1, 0.15) is 5.75 Å². The molecule has 1 N–H and O–H groups in total. The van der Waals surface area contributed by atoms with E-state index in [4.69, 9.17) is 16.3 Å². The monoisotopic (exact) mass is 247 g/mol. The first-order valence-corrected chi connectivity index (χ1v) is 5.72. The van der Waals surface area contributed by atoms with Crippen LogP contribution in [0, 0.1) is 0 Å². The van der Waals surface area contributed by atoms with Crippen molar-refractivity contribution in [2.24, 2.45) is 0 Å². The molecule has 0 spiro atoms. The molecule has 17 heavy (non-hydrogen) atoms. The lowest BCUT2D eigenvalue weighted by atomic mass is 10.1. The van der Waals surface area contributed by atoms with Crippen molar-refractivity contribution in [1.82, 2.24) is 9.97 Å². The van der Waals surface area contributed by atoms with E-state index >= 15 is 0 Å². The van der Waals surface area contributed by atoms with Crippen molar-refractivity contribution < 1.29 is 4.74 Å². The van der Waals surface area contributed by atoms with Gasteiger partial charge in [0.25, 0.3) is 0 Å². The van der Waals surface area contributed by atoms with Crippen molar-refractivity contribution in [3.8, 4) is 11.6 Å². The Bertz CT molecular complexity index is 559. The lowest BCUT2D eigenvalue weighted by Gasteiger charge is -2.06. The van der Waals surface area contributed by atoms with Gasteiger partial charge >= 0.3 is 0 Å². The van der Waals surface area contributed by atoms with Gasteiger partial charge in [-0.2, -0.15) is 4.98 Å². The third-order valence-corrected chi connectivity index (χ3v) is 2.79. The Morgan fingerprint density at radius 2 is 2.24 bits per heavy atom. The minimum atomic E-state index is 0.185. The van der Waals surface area contributed by atoms with Crippen LogP contribution in [-0.2, 0) is 6.42 Å². The van der Waals surface area contributed by atoms with E-state index in [1.165, 1.54) is 11.3 Å². The van der Waals surface area contributed by atoms with Gasteiger partial charge in [-0.15, -0.1) is 0 Å². The Morgan fingerprint density at radius 1 is 1.29 bits per heavy atom. The predicted octanol–water partition coefficient (Wildman–Crippen LogP) is 2.89. The van der Waals surface area contributed by atoms with Gasteiger partial charge in [-0.05, 0) is 41.8 Å². The smallest absolute Gasteiger partial charge is 0.225 e. The molecular weight excluding hydrogens is 238 g/mol. The molecule has 0 radical (unpaired) electrons. The molecule has 86 valence electrons. The number of hydrogen-bond donors (Lipinski definition) is 1. The Hall–Kier alpha value is -1.81. The number of nitrogens with one attached hydrogen (secondary N) is 1. The number of nitrogens with zero attached hydrogens (tertiary/aromatic N) is 2. The minimum absolute atomic E-state index is 0.185. The first kappa shape index (κ1) is 10.4. The first-order chi connectivity index (χ1) is 8.31. The van der Waals surface area contributed by atoms with Crippen LogP contribution in [0.25, 0.3) is 0 Å². The van der Waals surface area contributed by atoms with E-state index in [9.17, 15) is 0 Å². The highest BCUT2D eigenvalue weighted by atomic mass is 35.5. The van der Waals surface area contributed by atoms with E-state index in [-0.39, 0.29) is 5.28 Å². The summed E-state index contributed by atoms with van der Waals surface area (Å²) in [7, 11) is 0. The number of benzene rings is 1. The topological polar surface area (TPSA) is 47.0 Å². The Labute approximate surface area is 104 Å². The lowest BCUT2D eigenvalue weighted by molar-refractivity contribution is 0.461. The van der Waals surface area contributed by atoms with E-state index < -0.39 is 0 Å². The van der Waals surface area contributed by atoms with E-state index in [0.29, 0.717) is 5.88 Å². The summed E-state index contributed by atoms with van der Waals surface area (Å²) in [5.74, 6) is 1.22. The number of fused-ring (bicyclic) bond motifs is 1. The van der Waals surface area contributed by atoms with Gasteiger partial charge < -0.3 is 10.1 Å². The van der Waals surface area contributed by atoms with Crippen LogP contribution in [0.4, 0.5) is 5.69 Å². The van der Waals surface area contributed by atoms with Gasteiger partial charge in [0.2, 0.25) is 11.2 Å². The van der Waals surface area contributed by atoms with Gasteiger partial charge in [0.05, 0.1) is 0 Å². The van der Waals surface area contributed by atoms with Crippen LogP contribution in [0.5, 0.6) is 11.6 Å². The quantitative estimate of drug-likeness (QED) is 0.829. The van der Waals surface area contributed by atoms with E-state index in [1.807, 2.05) is 18.2 Å². The van der Waals surface area contributed by atoms with Gasteiger partial charge in [-0.25, -0.2) is 4.98 Å². The van der Waals surface area contributed by atoms with Crippen molar-refractivity contribution in [2.75, 3.05) is 11.9 Å². The van der Waals surface area contributed by atoms with Crippen LogP contribution >= 0.6 is 11.6 Å². The molecule has 3 rings (SSSR count). The van der Waals surface area contributed by atoms with Gasteiger partial charge in [0.15, 0.2) is 0 Å². The van der Waals surface area contributed by atoms with Gasteiger partial charge in [0, 0.05) is 24.5 Å². The highest BCUT2D eigenvalue weighted by Crippen LogP contribution is 2.28. The maximum absolute atomic E-state index is 5.69. The van der Waals surface area contributed by atoms with Crippen LogP contribution in [0.15, 0.2) is 30.5 Å². The first-order valence-electron chi connectivity index (χ1n) is 5.34. The van der Waals surface area contributed by atoms with Crippen LogP contribution in [0.2, 0.25) is 5.28 Å².